The van der Waals surface area contributed by atoms with Gasteiger partial charge in [-0.2, -0.15) is 0 Å². The molecule has 1 aliphatic rings. The molecule has 0 aliphatic carbocycles. The number of rotatable bonds is 7. The monoisotopic (exact) mass is 533 g/mol. The Balaban J connectivity index is 1.50. The van der Waals surface area contributed by atoms with Crippen molar-refractivity contribution in [1.82, 2.24) is 4.90 Å². The van der Waals surface area contributed by atoms with Crippen molar-refractivity contribution >= 4 is 58.0 Å². The third kappa shape index (κ3) is 6.10. The largest absolute Gasteiger partial charge is 0.324 e. The molecule has 188 valence electrons. The Morgan fingerprint density at radius 1 is 1.08 bits per heavy atom. The summed E-state index contributed by atoms with van der Waals surface area (Å²) in [5.41, 5.74) is 3.91. The smallest absolute Gasteiger partial charge is 0.294 e. The van der Waals surface area contributed by atoms with Crippen LogP contribution in [0.1, 0.15) is 22.3 Å². The molecule has 8 nitrogen and oxygen atoms in total. The van der Waals surface area contributed by atoms with E-state index in [-0.39, 0.29) is 10.6 Å². The number of aryl methyl sites for hydroxylation is 2. The molecule has 3 aromatic rings. The van der Waals surface area contributed by atoms with E-state index in [1.807, 2.05) is 57.2 Å². The highest BCUT2D eigenvalue weighted by Gasteiger charge is 2.36. The fourth-order valence-corrected chi connectivity index (χ4v) is 5.33. The van der Waals surface area contributed by atoms with Gasteiger partial charge < -0.3 is 5.32 Å². The molecular formula is C27H23N3O5S2. The number of anilines is 1. The second-order valence-electron chi connectivity index (χ2n) is 8.46. The lowest BCUT2D eigenvalue weighted by atomic mass is 10.1. The fraction of sp³-hybridized carbons (Fsp3) is 0.148. The van der Waals surface area contributed by atoms with Crippen molar-refractivity contribution in [2.75, 3.05) is 11.9 Å². The number of imide groups is 1. The summed E-state index contributed by atoms with van der Waals surface area (Å²) in [6.45, 7) is 5.33. The van der Waals surface area contributed by atoms with Gasteiger partial charge in [0.25, 0.3) is 16.8 Å². The Kier molecular flexibility index (Phi) is 7.80. The Bertz CT molecular complexity index is 1450. The molecule has 0 bridgehead atoms. The molecule has 10 heteroatoms. The van der Waals surface area contributed by atoms with Gasteiger partial charge in [-0.1, -0.05) is 47.7 Å². The van der Waals surface area contributed by atoms with Crippen LogP contribution in [0, 0.1) is 30.9 Å². The predicted molar refractivity (Wildman–Crippen MR) is 146 cm³/mol. The number of amides is 3. The minimum Gasteiger partial charge on any atom is -0.324 e. The molecule has 1 heterocycles. The summed E-state index contributed by atoms with van der Waals surface area (Å²) in [7, 11) is 0. The number of carbonyl (C=O) groups excluding carboxylic acids is 3. The molecular weight excluding hydrogens is 510 g/mol. The molecule has 1 saturated heterocycles. The second-order valence-corrected chi connectivity index (χ2v) is 10.6. The maximum atomic E-state index is 12.9. The van der Waals surface area contributed by atoms with Gasteiger partial charge in [0, 0.05) is 16.6 Å². The van der Waals surface area contributed by atoms with Crippen molar-refractivity contribution in [3.63, 3.8) is 0 Å². The summed E-state index contributed by atoms with van der Waals surface area (Å²) < 4.78 is 0. The lowest BCUT2D eigenvalue weighted by Crippen LogP contribution is -2.36. The summed E-state index contributed by atoms with van der Waals surface area (Å²) in [6, 6.07) is 17.8. The van der Waals surface area contributed by atoms with Crippen LogP contribution < -0.4 is 5.32 Å². The van der Waals surface area contributed by atoms with E-state index >= 15 is 0 Å². The molecule has 1 aliphatic heterocycles. The first-order valence-corrected chi connectivity index (χ1v) is 12.9. The topological polar surface area (TPSA) is 110 Å². The highest BCUT2D eigenvalue weighted by molar-refractivity contribution is 8.18. The first-order valence-electron chi connectivity index (χ1n) is 11.3. The molecule has 0 saturated carbocycles. The Labute approximate surface area is 222 Å². The number of nitrogens with one attached hydrogen (secondary N) is 1. The third-order valence-electron chi connectivity index (χ3n) is 5.78. The number of benzene rings is 3. The molecule has 1 N–H and O–H groups in total. The number of nitro groups is 1. The van der Waals surface area contributed by atoms with Crippen molar-refractivity contribution < 1.29 is 19.3 Å². The standard InChI is InChI=1S/C27H23N3O5S2/c1-16-7-10-20(11-8-16)36-23-12-9-19(13-22(23)30(34)35)14-24-26(32)29(27(33)37-24)15-25(31)28-21-6-4-5-17(2)18(21)3/h4-14H,15H2,1-3H3,(H,28,31)/b24-14-. The van der Waals surface area contributed by atoms with Gasteiger partial charge in [-0.25, -0.2) is 0 Å². The zero-order chi connectivity index (χ0) is 26.7. The number of nitro benzene ring substituents is 1. The van der Waals surface area contributed by atoms with Crippen molar-refractivity contribution in [1.29, 1.82) is 0 Å². The van der Waals surface area contributed by atoms with Gasteiger partial charge in [0.15, 0.2) is 0 Å². The Morgan fingerprint density at radius 3 is 2.51 bits per heavy atom. The first-order chi connectivity index (χ1) is 17.6. The number of hydrogen-bond acceptors (Lipinski definition) is 7. The highest BCUT2D eigenvalue weighted by Crippen LogP contribution is 2.37. The van der Waals surface area contributed by atoms with Crippen LogP contribution >= 0.6 is 23.5 Å². The van der Waals surface area contributed by atoms with Crippen LogP contribution in [0.25, 0.3) is 6.08 Å². The van der Waals surface area contributed by atoms with E-state index in [9.17, 15) is 24.5 Å². The number of hydrogen-bond donors (Lipinski definition) is 1. The molecule has 37 heavy (non-hydrogen) atoms. The molecule has 0 radical (unpaired) electrons. The van der Waals surface area contributed by atoms with Crippen LogP contribution in [0.2, 0.25) is 0 Å². The van der Waals surface area contributed by atoms with Crippen molar-refractivity contribution in [3.8, 4) is 0 Å². The quantitative estimate of drug-likeness (QED) is 0.214. The van der Waals surface area contributed by atoms with Crippen molar-refractivity contribution in [2.45, 2.75) is 30.6 Å². The number of thioether (sulfide) groups is 1. The summed E-state index contributed by atoms with van der Waals surface area (Å²) in [5, 5.41) is 13.9. The van der Waals surface area contributed by atoms with Crippen LogP contribution in [-0.4, -0.2) is 33.4 Å². The number of nitrogens with zero attached hydrogens (tertiary/aromatic N) is 2. The first kappa shape index (κ1) is 26.2. The van der Waals surface area contributed by atoms with E-state index in [1.165, 1.54) is 23.9 Å². The minimum absolute atomic E-state index is 0.0952. The molecule has 0 atom stereocenters. The molecule has 4 rings (SSSR count). The van der Waals surface area contributed by atoms with E-state index in [0.717, 1.165) is 26.5 Å². The average Bonchev–Trinajstić information content (AvgIpc) is 3.11. The minimum atomic E-state index is -0.619. The van der Waals surface area contributed by atoms with Gasteiger partial charge in [-0.15, -0.1) is 0 Å². The predicted octanol–water partition coefficient (Wildman–Crippen LogP) is 6.35. The maximum Gasteiger partial charge on any atom is 0.294 e. The van der Waals surface area contributed by atoms with E-state index in [0.29, 0.717) is 27.9 Å². The van der Waals surface area contributed by atoms with Gasteiger partial charge in [-0.05, 0) is 79.6 Å². The summed E-state index contributed by atoms with van der Waals surface area (Å²) in [6.07, 6.45) is 1.43. The van der Waals surface area contributed by atoms with Gasteiger partial charge in [-0.3, -0.25) is 29.4 Å². The van der Waals surface area contributed by atoms with Gasteiger partial charge in [0.2, 0.25) is 5.91 Å². The van der Waals surface area contributed by atoms with E-state index < -0.39 is 28.5 Å². The molecule has 3 amide bonds. The summed E-state index contributed by atoms with van der Waals surface area (Å²) in [4.78, 5) is 51.5. The van der Waals surface area contributed by atoms with E-state index in [2.05, 4.69) is 5.32 Å². The normalized spacial score (nSPS) is 14.4. The second kappa shape index (κ2) is 11.0. The van der Waals surface area contributed by atoms with Gasteiger partial charge in [0.1, 0.15) is 6.54 Å². The Hall–Kier alpha value is -3.89. The van der Waals surface area contributed by atoms with Crippen LogP contribution in [0.3, 0.4) is 0 Å². The zero-order valence-electron chi connectivity index (χ0n) is 20.3. The zero-order valence-corrected chi connectivity index (χ0v) is 21.9. The average molecular weight is 534 g/mol. The number of carbonyl (C=O) groups is 3. The molecule has 0 spiro atoms. The van der Waals surface area contributed by atoms with E-state index in [4.69, 9.17) is 0 Å². The molecule has 1 fully saturated rings. The highest BCUT2D eigenvalue weighted by atomic mass is 32.2. The molecule has 0 unspecified atom stereocenters. The van der Waals surface area contributed by atoms with Crippen LogP contribution in [-0.2, 0) is 9.59 Å². The van der Waals surface area contributed by atoms with Crippen molar-refractivity contribution in [2.24, 2.45) is 0 Å². The summed E-state index contributed by atoms with van der Waals surface area (Å²) >= 11 is 1.97. The van der Waals surface area contributed by atoms with Crippen molar-refractivity contribution in [3.05, 3.63) is 97.9 Å². The van der Waals surface area contributed by atoms with Gasteiger partial charge in [0.05, 0.1) is 14.7 Å². The van der Waals surface area contributed by atoms with Gasteiger partial charge >= 0.3 is 0 Å². The molecule has 0 aromatic heterocycles. The van der Waals surface area contributed by atoms with Crippen LogP contribution in [0.4, 0.5) is 16.2 Å². The van der Waals surface area contributed by atoms with Crippen LogP contribution in [0.5, 0.6) is 0 Å². The third-order valence-corrected chi connectivity index (χ3v) is 7.76. The molecule has 3 aromatic carbocycles. The lowest BCUT2D eigenvalue weighted by Gasteiger charge is -2.14. The Morgan fingerprint density at radius 2 is 1.81 bits per heavy atom. The fourth-order valence-electron chi connectivity index (χ4n) is 3.59. The maximum absolute atomic E-state index is 12.9. The SMILES string of the molecule is Cc1ccc(Sc2ccc(/C=C3\SC(=O)N(CC(=O)Nc4cccc(C)c4C)C3=O)cc2[N+](=O)[O-])cc1. The lowest BCUT2D eigenvalue weighted by molar-refractivity contribution is -0.387. The van der Waals surface area contributed by atoms with E-state index in [1.54, 1.807) is 18.2 Å². The van der Waals surface area contributed by atoms with Crippen LogP contribution in [0.15, 0.2) is 75.4 Å². The summed E-state index contributed by atoms with van der Waals surface area (Å²) in [5.74, 6) is -1.11.